The topological polar surface area (TPSA) is 114 Å². The van der Waals surface area contributed by atoms with Crippen LogP contribution in [0.2, 0.25) is 0 Å². The maximum absolute atomic E-state index is 12.4. The van der Waals surface area contributed by atoms with Gasteiger partial charge in [-0.05, 0) is 30.9 Å². The molecule has 0 spiro atoms. The van der Waals surface area contributed by atoms with Crippen molar-refractivity contribution >= 4 is 17.5 Å². The smallest absolute Gasteiger partial charge is 0.270 e. The number of benzene rings is 1. The van der Waals surface area contributed by atoms with Crippen LogP contribution in [0, 0.1) is 22.5 Å². The van der Waals surface area contributed by atoms with Gasteiger partial charge in [-0.25, -0.2) is 0 Å². The zero-order valence-electron chi connectivity index (χ0n) is 16.1. The first-order valence-corrected chi connectivity index (χ1v) is 9.06. The third-order valence-electron chi connectivity index (χ3n) is 4.80. The van der Waals surface area contributed by atoms with Gasteiger partial charge in [0, 0.05) is 29.7 Å². The Kier molecular flexibility index (Phi) is 5.22. The highest BCUT2D eigenvalue weighted by atomic mass is 16.6. The number of hydrogen-bond acceptors (Lipinski definition) is 5. The molecule has 28 heavy (non-hydrogen) atoms. The fourth-order valence-corrected chi connectivity index (χ4v) is 3.58. The SMILES string of the molecule is Cc1cc2c(o1)CC(C)(C)C[C@@H]2NC(=O)CNC(=O)c1cccc([N+](=O)[O-])c1. The molecule has 2 N–H and O–H groups in total. The summed E-state index contributed by atoms with van der Waals surface area (Å²) in [6, 6.07) is 7.14. The van der Waals surface area contributed by atoms with Crippen LogP contribution >= 0.6 is 0 Å². The van der Waals surface area contributed by atoms with Crippen molar-refractivity contribution in [1.82, 2.24) is 10.6 Å². The number of fused-ring (bicyclic) bond motifs is 1. The van der Waals surface area contributed by atoms with Crippen LogP contribution in [-0.2, 0) is 11.2 Å². The first-order chi connectivity index (χ1) is 13.1. The van der Waals surface area contributed by atoms with E-state index < -0.39 is 10.8 Å². The Morgan fingerprint density at radius 3 is 2.79 bits per heavy atom. The van der Waals surface area contributed by atoms with E-state index in [1.807, 2.05) is 13.0 Å². The summed E-state index contributed by atoms with van der Waals surface area (Å²) in [6.07, 6.45) is 1.58. The van der Waals surface area contributed by atoms with E-state index in [0.717, 1.165) is 29.9 Å². The molecule has 0 unspecified atom stereocenters. The summed E-state index contributed by atoms with van der Waals surface area (Å²) < 4.78 is 5.76. The van der Waals surface area contributed by atoms with Gasteiger partial charge in [0.15, 0.2) is 0 Å². The number of non-ortho nitro benzene ring substituents is 1. The van der Waals surface area contributed by atoms with Gasteiger partial charge in [-0.2, -0.15) is 0 Å². The van der Waals surface area contributed by atoms with E-state index in [4.69, 9.17) is 4.42 Å². The number of nitrogens with one attached hydrogen (secondary N) is 2. The average molecular weight is 385 g/mol. The number of nitro groups is 1. The second kappa shape index (κ2) is 7.46. The van der Waals surface area contributed by atoms with E-state index in [0.29, 0.717) is 0 Å². The summed E-state index contributed by atoms with van der Waals surface area (Å²) in [7, 11) is 0. The largest absolute Gasteiger partial charge is 0.466 e. The molecule has 3 rings (SSSR count). The first kappa shape index (κ1) is 19.6. The van der Waals surface area contributed by atoms with Gasteiger partial charge >= 0.3 is 0 Å². The molecule has 0 saturated carbocycles. The van der Waals surface area contributed by atoms with Crippen molar-refractivity contribution in [3.63, 3.8) is 0 Å². The van der Waals surface area contributed by atoms with Gasteiger partial charge in [-0.15, -0.1) is 0 Å². The summed E-state index contributed by atoms with van der Waals surface area (Å²) in [5.74, 6) is 0.828. The number of nitrogens with zero attached hydrogens (tertiary/aromatic N) is 1. The Bertz CT molecular complexity index is 932. The highest BCUT2D eigenvalue weighted by molar-refractivity contribution is 5.97. The minimum atomic E-state index is -0.571. The van der Waals surface area contributed by atoms with E-state index in [2.05, 4.69) is 24.5 Å². The number of furan rings is 1. The summed E-state index contributed by atoms with van der Waals surface area (Å²) in [4.78, 5) is 34.8. The van der Waals surface area contributed by atoms with E-state index in [1.54, 1.807) is 0 Å². The number of aryl methyl sites for hydroxylation is 1. The molecule has 0 fully saturated rings. The van der Waals surface area contributed by atoms with Crippen molar-refractivity contribution in [2.45, 2.75) is 39.7 Å². The van der Waals surface area contributed by atoms with Gasteiger partial charge in [0.1, 0.15) is 11.5 Å². The number of hydrogen-bond donors (Lipinski definition) is 2. The Labute approximate surface area is 162 Å². The van der Waals surface area contributed by atoms with E-state index in [-0.39, 0.29) is 35.2 Å². The van der Waals surface area contributed by atoms with E-state index >= 15 is 0 Å². The third-order valence-corrected chi connectivity index (χ3v) is 4.80. The van der Waals surface area contributed by atoms with E-state index in [9.17, 15) is 19.7 Å². The Balaban J connectivity index is 1.62. The Morgan fingerprint density at radius 2 is 2.07 bits per heavy atom. The lowest BCUT2D eigenvalue weighted by Crippen LogP contribution is -2.41. The molecule has 0 bridgehead atoms. The number of rotatable bonds is 5. The molecule has 1 atom stereocenters. The highest BCUT2D eigenvalue weighted by Gasteiger charge is 2.35. The predicted octanol–water partition coefficient (Wildman–Crippen LogP) is 3.06. The normalized spacial score (nSPS) is 17.5. The second-order valence-corrected chi connectivity index (χ2v) is 7.89. The maximum Gasteiger partial charge on any atom is 0.270 e. The molecule has 8 heteroatoms. The van der Waals surface area contributed by atoms with Gasteiger partial charge in [-0.1, -0.05) is 19.9 Å². The van der Waals surface area contributed by atoms with Crippen molar-refractivity contribution in [2.75, 3.05) is 6.54 Å². The third kappa shape index (κ3) is 4.39. The zero-order valence-corrected chi connectivity index (χ0v) is 16.1. The van der Waals surface area contributed by atoms with Gasteiger partial charge in [0.05, 0.1) is 17.5 Å². The summed E-state index contributed by atoms with van der Waals surface area (Å²) in [5, 5.41) is 16.3. The van der Waals surface area contributed by atoms with Crippen LogP contribution in [-0.4, -0.2) is 23.3 Å². The van der Waals surface area contributed by atoms with Crippen molar-refractivity contribution < 1.29 is 18.9 Å². The molecule has 1 aliphatic carbocycles. The minimum absolute atomic E-state index is 0.0124. The Hall–Kier alpha value is -3.16. The fourth-order valence-electron chi connectivity index (χ4n) is 3.58. The van der Waals surface area contributed by atoms with Gasteiger partial charge in [0.2, 0.25) is 5.91 Å². The summed E-state index contributed by atoms with van der Waals surface area (Å²) in [6.45, 7) is 5.90. The molecule has 8 nitrogen and oxygen atoms in total. The molecule has 2 amide bonds. The van der Waals surface area contributed by atoms with Crippen LogP contribution in [0.1, 0.15) is 53.8 Å². The van der Waals surface area contributed by atoms with Crippen LogP contribution < -0.4 is 10.6 Å². The lowest BCUT2D eigenvalue weighted by molar-refractivity contribution is -0.384. The van der Waals surface area contributed by atoms with Gasteiger partial charge in [0.25, 0.3) is 11.6 Å². The molecule has 0 saturated heterocycles. The molecule has 1 heterocycles. The van der Waals surface area contributed by atoms with Crippen molar-refractivity contribution in [3.8, 4) is 0 Å². The van der Waals surface area contributed by atoms with Crippen LogP contribution in [0.5, 0.6) is 0 Å². The van der Waals surface area contributed by atoms with Gasteiger partial charge in [-0.3, -0.25) is 19.7 Å². The Morgan fingerprint density at radius 1 is 1.32 bits per heavy atom. The van der Waals surface area contributed by atoms with Crippen LogP contribution in [0.3, 0.4) is 0 Å². The number of carbonyl (C=O) groups excluding carboxylic acids is 2. The van der Waals surface area contributed by atoms with Crippen molar-refractivity contribution in [3.05, 3.63) is 63.1 Å². The molecule has 1 aromatic heterocycles. The molecular weight excluding hydrogens is 362 g/mol. The average Bonchev–Trinajstić information content (AvgIpc) is 2.98. The monoisotopic (exact) mass is 385 g/mol. The van der Waals surface area contributed by atoms with Crippen molar-refractivity contribution in [2.24, 2.45) is 5.41 Å². The number of carbonyl (C=O) groups is 2. The molecule has 0 aliphatic heterocycles. The second-order valence-electron chi connectivity index (χ2n) is 7.89. The van der Waals surface area contributed by atoms with Crippen LogP contribution in [0.4, 0.5) is 5.69 Å². The van der Waals surface area contributed by atoms with Gasteiger partial charge < -0.3 is 15.1 Å². The maximum atomic E-state index is 12.4. The highest BCUT2D eigenvalue weighted by Crippen LogP contribution is 2.41. The lowest BCUT2D eigenvalue weighted by atomic mass is 9.74. The van der Waals surface area contributed by atoms with Crippen LogP contribution in [0.15, 0.2) is 34.7 Å². The minimum Gasteiger partial charge on any atom is -0.466 e. The predicted molar refractivity (Wildman–Crippen MR) is 102 cm³/mol. The fraction of sp³-hybridized carbons (Fsp3) is 0.400. The molecule has 2 aromatic rings. The standard InChI is InChI=1S/C20H23N3O5/c1-12-7-15-16(9-20(2,3)10-17(15)28-12)22-18(24)11-21-19(25)13-5-4-6-14(8-13)23(26)27/h4-8,16H,9-11H2,1-3H3,(H,21,25)(H,22,24)/t16-/m0/s1. The van der Waals surface area contributed by atoms with E-state index in [1.165, 1.54) is 24.3 Å². The number of nitro benzene ring substituents is 1. The molecule has 148 valence electrons. The molecular formula is C20H23N3O5. The summed E-state index contributed by atoms with van der Waals surface area (Å²) >= 11 is 0. The van der Waals surface area contributed by atoms with Crippen molar-refractivity contribution in [1.29, 1.82) is 0 Å². The molecule has 1 aromatic carbocycles. The quantitative estimate of drug-likeness (QED) is 0.606. The summed E-state index contributed by atoms with van der Waals surface area (Å²) in [5.41, 5.74) is 0.926. The first-order valence-electron chi connectivity index (χ1n) is 9.06. The zero-order chi connectivity index (χ0) is 20.5. The molecule has 1 aliphatic rings. The van der Waals surface area contributed by atoms with Crippen LogP contribution in [0.25, 0.3) is 0 Å². The number of amides is 2. The lowest BCUT2D eigenvalue weighted by Gasteiger charge is -2.34. The molecule has 0 radical (unpaired) electrons.